The van der Waals surface area contributed by atoms with Crippen LogP contribution < -0.4 is 0 Å². The van der Waals surface area contributed by atoms with Crippen LogP contribution in [-0.2, 0) is 6.42 Å². The maximum Gasteiger partial charge on any atom is 0.123 e. The number of nitriles is 1. The molecule has 2 N–H and O–H groups in total. The fraction of sp³-hybridized carbons (Fsp3) is 0.222. The maximum atomic E-state index is 9.24. The van der Waals surface area contributed by atoms with Gasteiger partial charge in [0.05, 0.1) is 12.5 Å². The molecule has 1 aromatic carbocycles. The van der Waals surface area contributed by atoms with Gasteiger partial charge >= 0.3 is 0 Å². The van der Waals surface area contributed by atoms with Crippen LogP contribution in [0.2, 0.25) is 0 Å². The van der Waals surface area contributed by atoms with Gasteiger partial charge < -0.3 is 10.2 Å². The van der Waals surface area contributed by atoms with E-state index in [1.54, 1.807) is 13.0 Å². The summed E-state index contributed by atoms with van der Waals surface area (Å²) in [5.41, 5.74) is 1.21. The van der Waals surface area contributed by atoms with Crippen molar-refractivity contribution < 1.29 is 10.2 Å². The summed E-state index contributed by atoms with van der Waals surface area (Å²) in [4.78, 5) is 0. The van der Waals surface area contributed by atoms with Gasteiger partial charge in [-0.3, -0.25) is 0 Å². The SMILES string of the molecule is Cc1cc(CC#N)c(O)cc1O. The molecule has 12 heavy (non-hydrogen) atoms. The molecule has 0 bridgehead atoms. The number of phenols is 2. The van der Waals surface area contributed by atoms with Crippen molar-refractivity contribution in [1.29, 1.82) is 5.26 Å². The predicted octanol–water partition coefficient (Wildman–Crippen LogP) is 1.47. The van der Waals surface area contributed by atoms with E-state index in [4.69, 9.17) is 10.4 Å². The first-order chi connectivity index (χ1) is 5.65. The lowest BCUT2D eigenvalue weighted by molar-refractivity contribution is 0.444. The number of phenolic OH excluding ortho intramolecular Hbond substituents is 2. The van der Waals surface area contributed by atoms with E-state index in [9.17, 15) is 5.11 Å². The average Bonchev–Trinajstić information content (AvgIpc) is 2.01. The van der Waals surface area contributed by atoms with Crippen molar-refractivity contribution in [3.63, 3.8) is 0 Å². The van der Waals surface area contributed by atoms with Crippen molar-refractivity contribution >= 4 is 0 Å². The van der Waals surface area contributed by atoms with Crippen LogP contribution in [0.15, 0.2) is 12.1 Å². The summed E-state index contributed by atoms with van der Waals surface area (Å²) in [6.45, 7) is 1.72. The van der Waals surface area contributed by atoms with Gasteiger partial charge in [0.1, 0.15) is 11.5 Å². The monoisotopic (exact) mass is 163 g/mol. The van der Waals surface area contributed by atoms with Crippen molar-refractivity contribution in [2.45, 2.75) is 13.3 Å². The molecule has 0 fully saturated rings. The number of aromatic hydroxyl groups is 2. The minimum atomic E-state index is -0.0281. The smallest absolute Gasteiger partial charge is 0.123 e. The zero-order chi connectivity index (χ0) is 9.14. The Bertz CT molecular complexity index is 339. The first-order valence-corrected chi connectivity index (χ1v) is 3.53. The molecule has 0 atom stereocenters. The standard InChI is InChI=1S/C9H9NO2/c1-6-4-7(2-3-10)9(12)5-8(6)11/h4-5,11-12H,2H2,1H3. The van der Waals surface area contributed by atoms with Crippen molar-refractivity contribution in [1.82, 2.24) is 0 Å². The lowest BCUT2D eigenvalue weighted by Crippen LogP contribution is -1.85. The molecule has 3 nitrogen and oxygen atoms in total. The third-order valence-electron chi connectivity index (χ3n) is 1.67. The Balaban J connectivity index is 3.16. The van der Waals surface area contributed by atoms with E-state index >= 15 is 0 Å². The number of nitrogens with zero attached hydrogens (tertiary/aromatic N) is 1. The molecule has 0 heterocycles. The summed E-state index contributed by atoms with van der Waals surface area (Å²) < 4.78 is 0. The number of hydrogen-bond donors (Lipinski definition) is 2. The Morgan fingerprint density at radius 1 is 1.33 bits per heavy atom. The second-order valence-electron chi connectivity index (χ2n) is 2.60. The van der Waals surface area contributed by atoms with Crippen LogP contribution in [0.25, 0.3) is 0 Å². The molecule has 0 aliphatic heterocycles. The van der Waals surface area contributed by atoms with Crippen LogP contribution in [0, 0.1) is 18.3 Å². The number of rotatable bonds is 1. The van der Waals surface area contributed by atoms with Gasteiger partial charge in [0.2, 0.25) is 0 Å². The molecule has 3 heteroatoms. The van der Waals surface area contributed by atoms with Crippen molar-refractivity contribution in [3.8, 4) is 17.6 Å². The van der Waals surface area contributed by atoms with E-state index in [0.29, 0.717) is 11.1 Å². The van der Waals surface area contributed by atoms with Crippen LogP contribution in [0.3, 0.4) is 0 Å². The van der Waals surface area contributed by atoms with Crippen LogP contribution >= 0.6 is 0 Å². The number of hydrogen-bond acceptors (Lipinski definition) is 3. The van der Waals surface area contributed by atoms with Gasteiger partial charge in [-0.2, -0.15) is 5.26 Å². The van der Waals surface area contributed by atoms with Crippen molar-refractivity contribution in [2.75, 3.05) is 0 Å². The molecule has 0 aliphatic carbocycles. The lowest BCUT2D eigenvalue weighted by Gasteiger charge is -2.03. The molecule has 0 saturated carbocycles. The predicted molar refractivity (Wildman–Crippen MR) is 43.8 cm³/mol. The molecule has 0 amide bonds. The molecular weight excluding hydrogens is 154 g/mol. The van der Waals surface area contributed by atoms with E-state index in [1.165, 1.54) is 6.07 Å². The zero-order valence-electron chi connectivity index (χ0n) is 6.70. The van der Waals surface area contributed by atoms with Gasteiger partial charge in [0, 0.05) is 11.6 Å². The fourth-order valence-corrected chi connectivity index (χ4v) is 0.972. The van der Waals surface area contributed by atoms with Crippen LogP contribution in [0.5, 0.6) is 11.5 Å². The highest BCUT2D eigenvalue weighted by Gasteiger charge is 2.04. The highest BCUT2D eigenvalue weighted by Crippen LogP contribution is 2.26. The van der Waals surface area contributed by atoms with Crippen LogP contribution in [0.1, 0.15) is 11.1 Å². The van der Waals surface area contributed by atoms with Gasteiger partial charge in [-0.05, 0) is 18.6 Å². The first kappa shape index (κ1) is 8.41. The summed E-state index contributed by atoms with van der Waals surface area (Å²) in [6.07, 6.45) is 0.160. The largest absolute Gasteiger partial charge is 0.508 e. The minimum absolute atomic E-state index is 0.0281. The number of aryl methyl sites for hydroxylation is 1. The highest BCUT2D eigenvalue weighted by atomic mass is 16.3. The third kappa shape index (κ3) is 1.48. The molecule has 62 valence electrons. The highest BCUT2D eigenvalue weighted by molar-refractivity contribution is 5.45. The number of benzene rings is 1. The molecular formula is C9H9NO2. The summed E-state index contributed by atoms with van der Waals surface area (Å²) >= 11 is 0. The molecule has 0 spiro atoms. The van der Waals surface area contributed by atoms with E-state index in [2.05, 4.69) is 0 Å². The van der Waals surface area contributed by atoms with E-state index < -0.39 is 0 Å². The van der Waals surface area contributed by atoms with Crippen molar-refractivity contribution in [3.05, 3.63) is 23.3 Å². The maximum absolute atomic E-state index is 9.24. The molecule has 0 radical (unpaired) electrons. The Labute approximate surface area is 70.5 Å². The average molecular weight is 163 g/mol. The molecule has 0 unspecified atom stereocenters. The van der Waals surface area contributed by atoms with Gasteiger partial charge in [-0.1, -0.05) is 0 Å². The van der Waals surface area contributed by atoms with Crippen molar-refractivity contribution in [2.24, 2.45) is 0 Å². The van der Waals surface area contributed by atoms with E-state index in [1.807, 2.05) is 6.07 Å². The Morgan fingerprint density at radius 2 is 2.00 bits per heavy atom. The summed E-state index contributed by atoms with van der Waals surface area (Å²) in [5, 5.41) is 26.8. The Kier molecular flexibility index (Phi) is 2.20. The van der Waals surface area contributed by atoms with Gasteiger partial charge in [0.25, 0.3) is 0 Å². The summed E-state index contributed by atoms with van der Waals surface area (Å²) in [7, 11) is 0. The molecule has 0 aromatic heterocycles. The van der Waals surface area contributed by atoms with Gasteiger partial charge in [0.15, 0.2) is 0 Å². The van der Waals surface area contributed by atoms with E-state index in [-0.39, 0.29) is 17.9 Å². The zero-order valence-corrected chi connectivity index (χ0v) is 6.70. The molecule has 1 rings (SSSR count). The van der Waals surface area contributed by atoms with Gasteiger partial charge in [-0.15, -0.1) is 0 Å². The third-order valence-corrected chi connectivity index (χ3v) is 1.67. The van der Waals surface area contributed by atoms with Crippen LogP contribution in [-0.4, -0.2) is 10.2 Å². The summed E-state index contributed by atoms with van der Waals surface area (Å²) in [5.74, 6) is 0.0221. The quantitative estimate of drug-likeness (QED) is 0.658. The normalized spacial score (nSPS) is 9.33. The summed E-state index contributed by atoms with van der Waals surface area (Å²) in [6, 6.07) is 4.79. The van der Waals surface area contributed by atoms with Crippen LogP contribution in [0.4, 0.5) is 0 Å². The van der Waals surface area contributed by atoms with E-state index in [0.717, 1.165) is 0 Å². The Hall–Kier alpha value is -1.69. The molecule has 0 aliphatic rings. The molecule has 1 aromatic rings. The first-order valence-electron chi connectivity index (χ1n) is 3.53. The minimum Gasteiger partial charge on any atom is -0.508 e. The fourth-order valence-electron chi connectivity index (χ4n) is 0.972. The second kappa shape index (κ2) is 3.14. The van der Waals surface area contributed by atoms with Gasteiger partial charge in [-0.25, -0.2) is 0 Å². The topological polar surface area (TPSA) is 64.2 Å². The second-order valence-corrected chi connectivity index (χ2v) is 2.60. The Morgan fingerprint density at radius 3 is 2.58 bits per heavy atom. The molecule has 0 saturated heterocycles. The lowest BCUT2D eigenvalue weighted by atomic mass is 10.1.